The first-order chi connectivity index (χ1) is 16.4. The van der Waals surface area contributed by atoms with Gasteiger partial charge in [-0.3, -0.25) is 9.59 Å². The number of nitrogens with one attached hydrogen (secondary N) is 2. The minimum absolute atomic E-state index is 0.00448. The second kappa shape index (κ2) is 8.66. The van der Waals surface area contributed by atoms with Crippen molar-refractivity contribution >= 4 is 34.2 Å². The first-order valence-electron chi connectivity index (χ1n) is 11.4. The van der Waals surface area contributed by atoms with E-state index in [1.54, 1.807) is 22.7 Å². The Bertz CT molecular complexity index is 1450. The standard InChI is InChI=1S/C25H25N5O4/c1-2-15-6-8-17(9-7-15)24(32)26-18-4-3-5-19-22(18)23-27-21(31)14-20(30(23)28-19)16-10-12-29(13-11-16)25(33)34/h3-9,14,16H,2,10-13H2,1H3,(H,26,32)(H,27,31)(H,33,34). The zero-order valence-electron chi connectivity index (χ0n) is 18.7. The van der Waals surface area contributed by atoms with Gasteiger partial charge >= 0.3 is 6.09 Å². The van der Waals surface area contributed by atoms with Gasteiger partial charge in [0.25, 0.3) is 11.5 Å². The van der Waals surface area contributed by atoms with Gasteiger partial charge in [0.15, 0.2) is 0 Å². The molecular weight excluding hydrogens is 434 g/mol. The number of fused-ring (bicyclic) bond motifs is 3. The van der Waals surface area contributed by atoms with Gasteiger partial charge in [0.05, 0.1) is 22.3 Å². The Hall–Kier alpha value is -4.14. The highest BCUT2D eigenvalue weighted by Crippen LogP contribution is 2.31. The van der Waals surface area contributed by atoms with E-state index in [2.05, 4.69) is 17.2 Å². The number of aryl methyl sites for hydroxylation is 1. The van der Waals surface area contributed by atoms with E-state index in [-0.39, 0.29) is 17.4 Å². The van der Waals surface area contributed by atoms with E-state index in [4.69, 9.17) is 5.10 Å². The van der Waals surface area contributed by atoms with Crippen LogP contribution >= 0.6 is 0 Å². The Morgan fingerprint density at radius 3 is 2.56 bits per heavy atom. The van der Waals surface area contributed by atoms with Crippen molar-refractivity contribution in [1.29, 1.82) is 0 Å². The summed E-state index contributed by atoms with van der Waals surface area (Å²) in [5.41, 5.74) is 3.89. The van der Waals surface area contributed by atoms with Gasteiger partial charge in [-0.25, -0.2) is 9.31 Å². The van der Waals surface area contributed by atoms with Crippen LogP contribution in [-0.2, 0) is 6.42 Å². The summed E-state index contributed by atoms with van der Waals surface area (Å²) in [5, 5.41) is 17.6. The van der Waals surface area contributed by atoms with Gasteiger partial charge in [-0.05, 0) is 49.1 Å². The van der Waals surface area contributed by atoms with Crippen molar-refractivity contribution in [3.8, 4) is 0 Å². The fraction of sp³-hybridized carbons (Fsp3) is 0.280. The van der Waals surface area contributed by atoms with Crippen LogP contribution in [0, 0.1) is 0 Å². The van der Waals surface area contributed by atoms with Crippen LogP contribution < -0.4 is 10.9 Å². The van der Waals surface area contributed by atoms with Crippen molar-refractivity contribution in [3.63, 3.8) is 0 Å². The van der Waals surface area contributed by atoms with E-state index in [1.807, 2.05) is 24.3 Å². The van der Waals surface area contributed by atoms with Crippen molar-refractivity contribution in [2.75, 3.05) is 18.4 Å². The number of hydrogen-bond acceptors (Lipinski definition) is 4. The maximum absolute atomic E-state index is 12.9. The van der Waals surface area contributed by atoms with Gasteiger partial charge in [-0.2, -0.15) is 5.10 Å². The van der Waals surface area contributed by atoms with Crippen LogP contribution in [0.2, 0.25) is 0 Å². The monoisotopic (exact) mass is 459 g/mol. The average molecular weight is 460 g/mol. The quantitative estimate of drug-likeness (QED) is 0.428. The number of benzene rings is 2. The number of nitrogens with zero attached hydrogens (tertiary/aromatic N) is 3. The predicted octanol–water partition coefficient (Wildman–Crippen LogP) is 3.85. The molecule has 2 aromatic heterocycles. The van der Waals surface area contributed by atoms with Crippen LogP contribution in [-0.4, -0.2) is 49.7 Å². The molecule has 0 bridgehead atoms. The van der Waals surface area contributed by atoms with E-state index in [9.17, 15) is 19.5 Å². The van der Waals surface area contributed by atoms with Gasteiger partial charge in [-0.15, -0.1) is 0 Å². The van der Waals surface area contributed by atoms with Crippen molar-refractivity contribution in [2.24, 2.45) is 0 Å². The molecule has 0 saturated carbocycles. The molecule has 34 heavy (non-hydrogen) atoms. The lowest BCUT2D eigenvalue weighted by molar-refractivity contribution is 0.102. The van der Waals surface area contributed by atoms with E-state index >= 15 is 0 Å². The number of H-pyrrole nitrogens is 1. The molecule has 0 atom stereocenters. The Morgan fingerprint density at radius 2 is 1.88 bits per heavy atom. The number of carbonyl (C=O) groups excluding carboxylic acids is 1. The first-order valence-corrected chi connectivity index (χ1v) is 11.4. The lowest BCUT2D eigenvalue weighted by Crippen LogP contribution is -2.37. The number of aromatic nitrogens is 3. The lowest BCUT2D eigenvalue weighted by atomic mass is 9.93. The van der Waals surface area contributed by atoms with Gasteiger partial charge in [-0.1, -0.05) is 25.1 Å². The third kappa shape index (κ3) is 3.89. The molecule has 0 radical (unpaired) electrons. The molecule has 1 fully saturated rings. The Morgan fingerprint density at radius 1 is 1.15 bits per heavy atom. The fourth-order valence-corrected chi connectivity index (χ4v) is 4.63. The molecule has 174 valence electrons. The van der Waals surface area contributed by atoms with E-state index < -0.39 is 6.09 Å². The molecule has 9 heteroatoms. The average Bonchev–Trinajstić information content (AvgIpc) is 3.23. The van der Waals surface area contributed by atoms with Crippen LogP contribution in [0.25, 0.3) is 16.6 Å². The number of piperidine rings is 1. The van der Waals surface area contributed by atoms with Crippen molar-refractivity contribution in [2.45, 2.75) is 32.1 Å². The topological polar surface area (TPSA) is 120 Å². The van der Waals surface area contributed by atoms with E-state index in [1.165, 1.54) is 11.0 Å². The smallest absolute Gasteiger partial charge is 0.407 e. The zero-order valence-corrected chi connectivity index (χ0v) is 18.7. The van der Waals surface area contributed by atoms with Crippen LogP contribution in [0.4, 0.5) is 10.5 Å². The van der Waals surface area contributed by atoms with Crippen LogP contribution in [0.1, 0.15) is 47.3 Å². The number of carbonyl (C=O) groups is 2. The van der Waals surface area contributed by atoms with Crippen LogP contribution in [0.15, 0.2) is 53.3 Å². The number of anilines is 1. The van der Waals surface area contributed by atoms with Gasteiger partial charge in [0.1, 0.15) is 5.65 Å². The summed E-state index contributed by atoms with van der Waals surface area (Å²) in [6, 6.07) is 14.4. The molecule has 5 rings (SSSR count). The van der Waals surface area contributed by atoms with Crippen molar-refractivity contribution in [1.82, 2.24) is 19.5 Å². The maximum Gasteiger partial charge on any atom is 0.407 e. The number of aromatic amines is 1. The summed E-state index contributed by atoms with van der Waals surface area (Å²) in [5.74, 6) is -0.237. The molecule has 2 aromatic carbocycles. The second-order valence-electron chi connectivity index (χ2n) is 8.57. The Kier molecular flexibility index (Phi) is 5.53. The number of likely N-dealkylation sites (tertiary alicyclic amines) is 1. The lowest BCUT2D eigenvalue weighted by Gasteiger charge is -2.30. The minimum atomic E-state index is -0.927. The van der Waals surface area contributed by atoms with Gasteiger partial charge < -0.3 is 20.3 Å². The number of hydrogen-bond donors (Lipinski definition) is 3. The summed E-state index contributed by atoms with van der Waals surface area (Å²) < 4.78 is 1.72. The Balaban J connectivity index is 1.53. The number of rotatable bonds is 4. The summed E-state index contributed by atoms with van der Waals surface area (Å²) in [7, 11) is 0. The maximum atomic E-state index is 12.9. The second-order valence-corrected chi connectivity index (χ2v) is 8.57. The molecule has 1 saturated heterocycles. The molecule has 3 heterocycles. The van der Waals surface area contributed by atoms with Gasteiger partial charge in [0, 0.05) is 30.6 Å². The summed E-state index contributed by atoms with van der Waals surface area (Å²) in [6.07, 6.45) is 1.19. The van der Waals surface area contributed by atoms with Gasteiger partial charge in [0.2, 0.25) is 0 Å². The number of carboxylic acid groups (broad SMARTS) is 1. The molecule has 9 nitrogen and oxygen atoms in total. The molecule has 2 amide bonds. The largest absolute Gasteiger partial charge is 0.465 e. The van der Waals surface area contributed by atoms with Crippen molar-refractivity contribution < 1.29 is 14.7 Å². The Labute approximate surface area is 195 Å². The zero-order chi connectivity index (χ0) is 23.8. The number of amides is 2. The minimum Gasteiger partial charge on any atom is -0.465 e. The van der Waals surface area contributed by atoms with Crippen LogP contribution in [0.3, 0.4) is 0 Å². The van der Waals surface area contributed by atoms with E-state index in [0.29, 0.717) is 53.7 Å². The summed E-state index contributed by atoms with van der Waals surface area (Å²) in [4.78, 5) is 41.0. The molecule has 3 N–H and O–H groups in total. The van der Waals surface area contributed by atoms with E-state index in [0.717, 1.165) is 17.7 Å². The molecule has 1 aliphatic rings. The third-order valence-corrected chi connectivity index (χ3v) is 6.52. The molecular formula is C25H25N5O4. The first kappa shape index (κ1) is 21.7. The third-order valence-electron chi connectivity index (χ3n) is 6.52. The fourth-order valence-electron chi connectivity index (χ4n) is 4.63. The highest BCUT2D eigenvalue weighted by Gasteiger charge is 2.26. The molecule has 4 aromatic rings. The predicted molar refractivity (Wildman–Crippen MR) is 129 cm³/mol. The van der Waals surface area contributed by atoms with Crippen molar-refractivity contribution in [3.05, 3.63) is 75.7 Å². The molecule has 1 aliphatic heterocycles. The molecule has 0 unspecified atom stereocenters. The highest BCUT2D eigenvalue weighted by molar-refractivity contribution is 6.11. The highest BCUT2D eigenvalue weighted by atomic mass is 16.4. The normalized spacial score (nSPS) is 14.6. The molecule has 0 spiro atoms. The summed E-state index contributed by atoms with van der Waals surface area (Å²) in [6.45, 7) is 2.88. The molecule has 0 aliphatic carbocycles. The van der Waals surface area contributed by atoms with Crippen LogP contribution in [0.5, 0.6) is 0 Å². The SMILES string of the molecule is CCc1ccc(C(=O)Nc2cccc3nn4c(C5CCN(C(=O)O)CC5)cc(=O)[nH]c4c23)cc1. The summed E-state index contributed by atoms with van der Waals surface area (Å²) >= 11 is 0.